The SMILES string of the molecule is C#CCCCn1c(Cc2cc(OC)ccc2OC)nc2c(N)ncnc21. The molecule has 3 rings (SSSR count). The molecule has 0 spiro atoms. The van der Waals surface area contributed by atoms with Gasteiger partial charge in [-0.2, -0.15) is 0 Å². The minimum atomic E-state index is 0.365. The van der Waals surface area contributed by atoms with Gasteiger partial charge in [0.15, 0.2) is 17.0 Å². The Kier molecular flexibility index (Phi) is 5.23. The molecule has 0 radical (unpaired) electrons. The molecule has 1 aromatic carbocycles. The van der Waals surface area contributed by atoms with Crippen molar-refractivity contribution in [3.8, 4) is 23.8 Å². The first-order chi connectivity index (χ1) is 12.7. The summed E-state index contributed by atoms with van der Waals surface area (Å²) in [6, 6.07) is 5.69. The minimum Gasteiger partial charge on any atom is -0.497 e. The minimum absolute atomic E-state index is 0.365. The molecule has 2 aromatic heterocycles. The third-order valence-corrected chi connectivity index (χ3v) is 4.18. The van der Waals surface area contributed by atoms with Crippen molar-refractivity contribution in [1.82, 2.24) is 19.5 Å². The highest BCUT2D eigenvalue weighted by molar-refractivity contribution is 5.81. The number of nitrogens with two attached hydrogens (primary N) is 1. The second kappa shape index (κ2) is 7.74. The molecule has 0 amide bonds. The number of fused-ring (bicyclic) bond motifs is 1. The molecule has 2 N–H and O–H groups in total. The lowest BCUT2D eigenvalue weighted by atomic mass is 10.1. The number of imidazole rings is 1. The summed E-state index contributed by atoms with van der Waals surface area (Å²) in [7, 11) is 3.28. The van der Waals surface area contributed by atoms with E-state index in [0.29, 0.717) is 36.4 Å². The molecule has 0 atom stereocenters. The van der Waals surface area contributed by atoms with Crippen molar-refractivity contribution in [3.63, 3.8) is 0 Å². The molecule has 0 fully saturated rings. The van der Waals surface area contributed by atoms with E-state index in [1.165, 1.54) is 6.33 Å². The quantitative estimate of drug-likeness (QED) is 0.519. The Bertz CT molecular complexity index is 958. The maximum Gasteiger partial charge on any atom is 0.165 e. The number of ether oxygens (including phenoxy) is 2. The largest absolute Gasteiger partial charge is 0.497 e. The van der Waals surface area contributed by atoms with Crippen molar-refractivity contribution in [3.05, 3.63) is 35.9 Å². The molecule has 0 unspecified atom stereocenters. The molecule has 3 aromatic rings. The molecule has 0 bridgehead atoms. The zero-order valence-electron chi connectivity index (χ0n) is 14.9. The second-order valence-corrected chi connectivity index (χ2v) is 5.77. The van der Waals surface area contributed by atoms with Crippen LogP contribution >= 0.6 is 0 Å². The number of nitrogen functional groups attached to an aromatic ring is 1. The number of aryl methyl sites for hydroxylation is 1. The lowest BCUT2D eigenvalue weighted by Gasteiger charge is -2.12. The van der Waals surface area contributed by atoms with Gasteiger partial charge in [0, 0.05) is 24.9 Å². The summed E-state index contributed by atoms with van der Waals surface area (Å²) in [6.45, 7) is 0.707. The van der Waals surface area contributed by atoms with Gasteiger partial charge in [0.2, 0.25) is 0 Å². The lowest BCUT2D eigenvalue weighted by Crippen LogP contribution is -2.06. The van der Waals surface area contributed by atoms with Gasteiger partial charge in [-0.25, -0.2) is 15.0 Å². The summed E-state index contributed by atoms with van der Waals surface area (Å²) >= 11 is 0. The predicted molar refractivity (Wildman–Crippen MR) is 100 cm³/mol. The fourth-order valence-electron chi connectivity index (χ4n) is 2.90. The smallest absolute Gasteiger partial charge is 0.165 e. The molecule has 0 aliphatic rings. The monoisotopic (exact) mass is 351 g/mol. The number of rotatable bonds is 7. The number of methoxy groups -OCH3 is 2. The Morgan fingerprint density at radius 2 is 2.08 bits per heavy atom. The molecule has 7 nitrogen and oxygen atoms in total. The summed E-state index contributed by atoms with van der Waals surface area (Å²) < 4.78 is 12.9. The van der Waals surface area contributed by atoms with Crippen LogP contribution in [0.15, 0.2) is 24.5 Å². The van der Waals surface area contributed by atoms with Crippen molar-refractivity contribution >= 4 is 17.0 Å². The molecule has 134 valence electrons. The Balaban J connectivity index is 2.05. The van der Waals surface area contributed by atoms with Crippen LogP contribution in [0.1, 0.15) is 24.2 Å². The van der Waals surface area contributed by atoms with Crippen LogP contribution in [0.4, 0.5) is 5.82 Å². The number of benzene rings is 1. The van der Waals surface area contributed by atoms with Gasteiger partial charge < -0.3 is 19.8 Å². The van der Waals surface area contributed by atoms with E-state index >= 15 is 0 Å². The van der Waals surface area contributed by atoms with E-state index in [-0.39, 0.29) is 0 Å². The van der Waals surface area contributed by atoms with Gasteiger partial charge in [-0.15, -0.1) is 12.3 Å². The van der Waals surface area contributed by atoms with Crippen LogP contribution in [0.2, 0.25) is 0 Å². The van der Waals surface area contributed by atoms with Crippen molar-refractivity contribution in [2.24, 2.45) is 0 Å². The summed E-state index contributed by atoms with van der Waals surface area (Å²) in [4.78, 5) is 13.1. The normalized spacial score (nSPS) is 10.7. The van der Waals surface area contributed by atoms with Crippen LogP contribution in [0.5, 0.6) is 11.5 Å². The fourth-order valence-corrected chi connectivity index (χ4v) is 2.90. The Morgan fingerprint density at radius 3 is 2.81 bits per heavy atom. The first-order valence-electron chi connectivity index (χ1n) is 8.28. The van der Waals surface area contributed by atoms with E-state index in [9.17, 15) is 0 Å². The average molecular weight is 351 g/mol. The van der Waals surface area contributed by atoms with Crippen molar-refractivity contribution in [2.45, 2.75) is 25.8 Å². The Labute approximate surface area is 152 Å². The number of hydrogen-bond donors (Lipinski definition) is 1. The highest BCUT2D eigenvalue weighted by Crippen LogP contribution is 2.28. The topological polar surface area (TPSA) is 88.1 Å². The Morgan fingerprint density at radius 1 is 1.23 bits per heavy atom. The van der Waals surface area contributed by atoms with Gasteiger partial charge in [0.1, 0.15) is 23.7 Å². The average Bonchev–Trinajstić information content (AvgIpc) is 3.01. The van der Waals surface area contributed by atoms with Gasteiger partial charge in [0.25, 0.3) is 0 Å². The fraction of sp³-hybridized carbons (Fsp3) is 0.316. The second-order valence-electron chi connectivity index (χ2n) is 5.77. The maximum absolute atomic E-state index is 5.98. The van der Waals surface area contributed by atoms with Crippen LogP contribution in [-0.4, -0.2) is 33.7 Å². The van der Waals surface area contributed by atoms with E-state index in [4.69, 9.17) is 21.6 Å². The molecule has 7 heteroatoms. The molecule has 26 heavy (non-hydrogen) atoms. The summed E-state index contributed by atoms with van der Waals surface area (Å²) in [5, 5.41) is 0. The van der Waals surface area contributed by atoms with Gasteiger partial charge in [0.05, 0.1) is 14.2 Å². The van der Waals surface area contributed by atoms with Crippen LogP contribution < -0.4 is 15.2 Å². The number of unbranched alkanes of at least 4 members (excludes halogenated alkanes) is 1. The number of nitrogens with zero attached hydrogens (tertiary/aromatic N) is 4. The lowest BCUT2D eigenvalue weighted by molar-refractivity contribution is 0.399. The van der Waals surface area contributed by atoms with Crippen molar-refractivity contribution in [2.75, 3.05) is 20.0 Å². The zero-order chi connectivity index (χ0) is 18.5. The first kappa shape index (κ1) is 17.5. The number of anilines is 1. The first-order valence-corrected chi connectivity index (χ1v) is 8.28. The molecular formula is C19H21N5O2. The molecule has 0 aliphatic carbocycles. The van der Waals surface area contributed by atoms with Gasteiger partial charge in [-0.3, -0.25) is 0 Å². The summed E-state index contributed by atoms with van der Waals surface area (Å²) in [5.74, 6) is 5.39. The van der Waals surface area contributed by atoms with E-state index in [1.54, 1.807) is 14.2 Å². The summed E-state index contributed by atoms with van der Waals surface area (Å²) in [6.07, 6.45) is 8.89. The molecule has 2 heterocycles. The predicted octanol–water partition coefficient (Wildman–Crippen LogP) is 2.43. The highest BCUT2D eigenvalue weighted by atomic mass is 16.5. The van der Waals surface area contributed by atoms with Gasteiger partial charge >= 0.3 is 0 Å². The molecule has 0 aliphatic heterocycles. The van der Waals surface area contributed by atoms with Crippen LogP contribution in [0.3, 0.4) is 0 Å². The molecular weight excluding hydrogens is 330 g/mol. The standard InChI is InChI=1S/C19H21N5O2/c1-4-5-6-9-24-16(23-17-18(20)21-12-22-19(17)24)11-13-10-14(25-2)7-8-15(13)26-3/h1,7-8,10,12H,5-6,9,11H2,2-3H3,(H2,20,21,22). The number of aromatic nitrogens is 4. The van der Waals surface area contributed by atoms with E-state index in [0.717, 1.165) is 29.3 Å². The third-order valence-electron chi connectivity index (χ3n) is 4.18. The van der Waals surface area contributed by atoms with Gasteiger partial charge in [-0.1, -0.05) is 0 Å². The number of hydrogen-bond acceptors (Lipinski definition) is 6. The van der Waals surface area contributed by atoms with E-state index < -0.39 is 0 Å². The van der Waals surface area contributed by atoms with E-state index in [2.05, 4.69) is 20.9 Å². The Hall–Kier alpha value is -3.27. The van der Waals surface area contributed by atoms with Crippen molar-refractivity contribution in [1.29, 1.82) is 0 Å². The van der Waals surface area contributed by atoms with E-state index in [1.807, 2.05) is 22.8 Å². The van der Waals surface area contributed by atoms with Crippen LogP contribution in [-0.2, 0) is 13.0 Å². The van der Waals surface area contributed by atoms with Crippen molar-refractivity contribution < 1.29 is 9.47 Å². The molecule has 0 saturated carbocycles. The van der Waals surface area contributed by atoms with Crippen LogP contribution in [0.25, 0.3) is 11.2 Å². The summed E-state index contributed by atoms with van der Waals surface area (Å²) in [5.41, 5.74) is 8.27. The maximum atomic E-state index is 5.98. The number of terminal acetylenes is 1. The van der Waals surface area contributed by atoms with Gasteiger partial charge in [-0.05, 0) is 24.6 Å². The molecule has 0 saturated heterocycles. The van der Waals surface area contributed by atoms with Crippen LogP contribution in [0, 0.1) is 12.3 Å². The highest BCUT2D eigenvalue weighted by Gasteiger charge is 2.17. The zero-order valence-corrected chi connectivity index (χ0v) is 14.9. The third kappa shape index (κ3) is 3.40.